The molecular formula is C54H60Cl2S2SiZr. The molecule has 2 aliphatic carbocycles. The molecular weight excluding hydrogens is 903 g/mol. The molecule has 2 aromatic heterocycles. The first-order valence-corrected chi connectivity index (χ1v) is 31.7. The van der Waals surface area contributed by atoms with Gasteiger partial charge in [-0.15, -0.1) is 0 Å². The summed E-state index contributed by atoms with van der Waals surface area (Å²) in [6.07, 6.45) is 5.35. The Kier molecular flexibility index (Phi) is 13.7. The molecule has 6 aromatic rings. The van der Waals surface area contributed by atoms with E-state index >= 15 is 0 Å². The van der Waals surface area contributed by atoms with Crippen molar-refractivity contribution in [1.82, 2.24) is 0 Å². The fourth-order valence-electron chi connectivity index (χ4n) is 9.57. The van der Waals surface area contributed by atoms with Crippen molar-refractivity contribution in [2.45, 2.75) is 114 Å². The molecule has 0 radical (unpaired) electrons. The molecule has 8 rings (SSSR count). The summed E-state index contributed by atoms with van der Waals surface area (Å²) in [5.41, 5.74) is 22.9. The van der Waals surface area contributed by atoms with E-state index in [2.05, 4.69) is 193 Å². The van der Waals surface area contributed by atoms with Gasteiger partial charge in [0.05, 0.1) is 0 Å². The van der Waals surface area contributed by atoms with Crippen LogP contribution >= 0.6 is 22.7 Å². The number of thiophene rings is 2. The van der Waals surface area contributed by atoms with Crippen LogP contribution in [0, 0.1) is 41.5 Å². The Hall–Kier alpha value is -2.56. The average molecular weight is 963 g/mol. The molecule has 310 valence electrons. The summed E-state index contributed by atoms with van der Waals surface area (Å²) in [7, 11) is 0. The van der Waals surface area contributed by atoms with Gasteiger partial charge in [0, 0.05) is 0 Å². The van der Waals surface area contributed by atoms with Gasteiger partial charge in [-0.2, -0.15) is 0 Å². The summed E-state index contributed by atoms with van der Waals surface area (Å²) in [6, 6.07) is 34.0. The number of aryl methyl sites for hydroxylation is 4. The monoisotopic (exact) mass is 960 g/mol. The fraction of sp³-hybridized carbons (Fsp3) is 0.333. The van der Waals surface area contributed by atoms with E-state index in [-0.39, 0.29) is 35.6 Å². The van der Waals surface area contributed by atoms with Crippen LogP contribution < -0.4 is 24.8 Å². The molecule has 0 spiro atoms. The Labute approximate surface area is 389 Å². The smallest absolute Gasteiger partial charge is 1.00 e. The van der Waals surface area contributed by atoms with Crippen LogP contribution in [0.3, 0.4) is 0 Å². The number of hydrogen-bond acceptors (Lipinski definition) is 2. The Morgan fingerprint density at radius 1 is 0.500 bits per heavy atom. The maximum absolute atomic E-state index is 2.68. The first kappa shape index (κ1) is 46.9. The molecule has 0 nitrogen and oxygen atoms in total. The van der Waals surface area contributed by atoms with E-state index in [1.165, 1.54) is 86.3 Å². The number of hydrogen-bond donors (Lipinski definition) is 0. The molecule has 2 heterocycles. The van der Waals surface area contributed by atoms with E-state index in [0.29, 0.717) is 7.25 Å². The van der Waals surface area contributed by atoms with Gasteiger partial charge in [-0.1, -0.05) is 0 Å². The van der Waals surface area contributed by atoms with E-state index in [0.717, 1.165) is 0 Å². The minimum atomic E-state index is -2.59. The SMILES string of the molecule is Cc1ccc(C2=Cc3c(cc(C)c(C)c3-c3ccc(C(C)(C)C)cc3)[CH]2[Zr+2]([CH]2C(c3ccc(C)s3)=Cc3c2cc(C)c(C)c3-c2ccc(C(C)(C)C)cc2)=[Si](C)C)s1.[Cl-].[Cl-]. The predicted molar refractivity (Wildman–Crippen MR) is 257 cm³/mol. The van der Waals surface area contributed by atoms with Crippen molar-refractivity contribution >= 4 is 51.4 Å². The maximum Gasteiger partial charge on any atom is -1.00 e. The molecule has 0 amide bonds. The summed E-state index contributed by atoms with van der Waals surface area (Å²) in [4.78, 5) is 5.74. The van der Waals surface area contributed by atoms with Crippen molar-refractivity contribution in [3.63, 3.8) is 0 Å². The molecule has 6 heteroatoms. The van der Waals surface area contributed by atoms with Gasteiger partial charge in [0.25, 0.3) is 0 Å². The second kappa shape index (κ2) is 17.5. The third-order valence-corrected chi connectivity index (χ3v) is 34.3. The maximum atomic E-state index is 2.68. The van der Waals surface area contributed by atoms with E-state index < -0.39 is 25.8 Å². The fourth-order valence-corrected chi connectivity index (χ4v) is 31.7. The van der Waals surface area contributed by atoms with Gasteiger partial charge < -0.3 is 24.8 Å². The van der Waals surface area contributed by atoms with Crippen molar-refractivity contribution < 1.29 is 45.2 Å². The van der Waals surface area contributed by atoms with Crippen LogP contribution in [0.15, 0.2) is 84.9 Å². The number of rotatable bonds is 6. The van der Waals surface area contributed by atoms with Crippen LogP contribution in [0.1, 0.15) is 124 Å². The van der Waals surface area contributed by atoms with Crippen molar-refractivity contribution in [2.75, 3.05) is 0 Å². The van der Waals surface area contributed by atoms with Gasteiger partial charge >= 0.3 is 368 Å². The van der Waals surface area contributed by atoms with Gasteiger partial charge in [-0.05, 0) is 0 Å². The van der Waals surface area contributed by atoms with Crippen molar-refractivity contribution in [3.8, 4) is 22.3 Å². The summed E-state index contributed by atoms with van der Waals surface area (Å²) < 4.78 is 0.950. The molecule has 0 N–H and O–H groups in total. The van der Waals surface area contributed by atoms with Gasteiger partial charge in [0.15, 0.2) is 0 Å². The van der Waals surface area contributed by atoms with Crippen molar-refractivity contribution in [1.29, 1.82) is 0 Å². The molecule has 2 unspecified atom stereocenters. The molecule has 0 saturated heterocycles. The molecule has 2 atom stereocenters. The van der Waals surface area contributed by atoms with Gasteiger partial charge in [-0.3, -0.25) is 0 Å². The zero-order chi connectivity index (χ0) is 41.6. The zero-order valence-corrected chi connectivity index (χ0v) is 44.6. The Balaban J connectivity index is 0.00000302. The quantitative estimate of drug-likeness (QED) is 0.146. The summed E-state index contributed by atoms with van der Waals surface area (Å²) >= 11 is 1.41. The van der Waals surface area contributed by atoms with Crippen LogP contribution in [0.2, 0.25) is 13.1 Å². The predicted octanol–water partition coefficient (Wildman–Crippen LogP) is 10.4. The summed E-state index contributed by atoms with van der Waals surface area (Å²) in [6.45, 7) is 33.3. The summed E-state index contributed by atoms with van der Waals surface area (Å²) in [5.74, 6) is 0. The molecule has 0 saturated carbocycles. The largest absolute Gasteiger partial charge is 1.00 e. The second-order valence-corrected chi connectivity index (χ2v) is 39.8. The van der Waals surface area contributed by atoms with Crippen LogP contribution in [0.4, 0.5) is 0 Å². The normalized spacial score (nSPS) is 15.6. The molecule has 2 aliphatic rings. The van der Waals surface area contributed by atoms with E-state index in [1.54, 1.807) is 22.3 Å². The molecule has 0 aliphatic heterocycles. The zero-order valence-electron chi connectivity index (χ0n) is 38.0. The summed E-state index contributed by atoms with van der Waals surface area (Å²) in [5, 5.41) is 0. The average Bonchev–Trinajstić information content (AvgIpc) is 3.95. The first-order chi connectivity index (χ1) is 27.3. The van der Waals surface area contributed by atoms with Crippen molar-refractivity contribution in [2.24, 2.45) is 0 Å². The minimum absolute atomic E-state index is 0. The van der Waals surface area contributed by atoms with Crippen LogP contribution in [-0.2, 0) is 31.2 Å². The Morgan fingerprint density at radius 3 is 1.13 bits per heavy atom. The third kappa shape index (κ3) is 8.45. The van der Waals surface area contributed by atoms with Crippen LogP contribution in [0.25, 0.3) is 45.6 Å². The molecule has 60 heavy (non-hydrogen) atoms. The number of fused-ring (bicyclic) bond motifs is 2. The van der Waals surface area contributed by atoms with E-state index in [4.69, 9.17) is 0 Å². The number of benzene rings is 4. The van der Waals surface area contributed by atoms with Crippen LogP contribution in [0.5, 0.6) is 0 Å². The Morgan fingerprint density at radius 2 is 0.850 bits per heavy atom. The molecule has 0 bridgehead atoms. The standard InChI is InChI=1S/2C26H27S.C2H6Si.2ClH.Zr/c2*1-16-13-20-14-21(24-12-7-17(2)27-24)15-23(20)25(18(16)3)19-8-10-22(11-9-19)26(4,5)6;1-3-2;;;/h2*7-15H,1-6H3;1-2H3;2*1H;/q;;;;;+2/p-2. The first-order valence-electron chi connectivity index (χ1n) is 21.1. The molecule has 0 fully saturated rings. The van der Waals surface area contributed by atoms with E-state index in [1.807, 2.05) is 22.7 Å². The Bertz CT molecular complexity index is 2520. The van der Waals surface area contributed by atoms with Crippen LogP contribution in [-0.4, -0.2) is 5.43 Å². The number of halogens is 2. The minimum Gasteiger partial charge on any atom is -1.00 e. The number of allylic oxidation sites excluding steroid dienone is 2. The van der Waals surface area contributed by atoms with Crippen molar-refractivity contribution in [3.05, 3.63) is 160 Å². The topological polar surface area (TPSA) is 0 Å². The van der Waals surface area contributed by atoms with E-state index in [9.17, 15) is 0 Å². The van der Waals surface area contributed by atoms with Gasteiger partial charge in [-0.25, -0.2) is 0 Å². The van der Waals surface area contributed by atoms with Gasteiger partial charge in [0.1, 0.15) is 0 Å². The molecule has 4 aromatic carbocycles. The second-order valence-electron chi connectivity index (χ2n) is 19.4. The van der Waals surface area contributed by atoms with Gasteiger partial charge in [0.2, 0.25) is 0 Å². The third-order valence-electron chi connectivity index (χ3n) is 13.0.